The fourth-order valence-electron chi connectivity index (χ4n) is 2.26. The zero-order valence-corrected chi connectivity index (χ0v) is 14.8. The number of nitrogens with zero attached hydrogens (tertiary/aromatic N) is 2. The summed E-state index contributed by atoms with van der Waals surface area (Å²) in [7, 11) is 0. The number of ether oxygens (including phenoxy) is 1. The molecule has 0 aliphatic heterocycles. The zero-order valence-electron chi connectivity index (χ0n) is 14.8. The Morgan fingerprint density at radius 1 is 0.931 bits per heavy atom. The molecule has 0 unspecified atom stereocenters. The van der Waals surface area contributed by atoms with E-state index in [9.17, 15) is 29.8 Å². The average molecular weight is 398 g/mol. The zero-order chi connectivity index (χ0) is 21.6. The quantitative estimate of drug-likeness (QED) is 0.391. The van der Waals surface area contributed by atoms with Gasteiger partial charge in [-0.15, -0.1) is 0 Å². The molecule has 11 nitrogen and oxygen atoms in total. The Morgan fingerprint density at radius 2 is 1.48 bits per heavy atom. The van der Waals surface area contributed by atoms with Gasteiger partial charge in [0.05, 0.1) is 15.5 Å². The predicted octanol–water partition coefficient (Wildman–Crippen LogP) is 3.54. The molecule has 0 aliphatic carbocycles. The van der Waals surface area contributed by atoms with Crippen LogP contribution >= 0.6 is 0 Å². The van der Waals surface area contributed by atoms with E-state index in [1.807, 2.05) is 0 Å². The van der Waals surface area contributed by atoms with Gasteiger partial charge in [-0.3, -0.25) is 29.8 Å². The molecule has 2 rings (SSSR count). The number of nitrogens with one attached hydrogen (secondary N) is 2. The van der Waals surface area contributed by atoms with Crippen LogP contribution in [0.1, 0.15) is 0 Å². The first-order valence-electron chi connectivity index (χ1n) is 7.88. The van der Waals surface area contributed by atoms with Gasteiger partial charge in [-0.1, -0.05) is 31.4 Å². The van der Waals surface area contributed by atoms with Gasteiger partial charge in [-0.2, -0.15) is 0 Å². The molecule has 2 amide bonds. The second-order valence-corrected chi connectivity index (χ2v) is 5.31. The van der Waals surface area contributed by atoms with E-state index in [1.165, 1.54) is 12.1 Å². The summed E-state index contributed by atoms with van der Waals surface area (Å²) in [6, 6.07) is 8.81. The summed E-state index contributed by atoms with van der Waals surface area (Å²) >= 11 is 0. The van der Waals surface area contributed by atoms with E-state index in [0.29, 0.717) is 0 Å². The highest BCUT2D eigenvalue weighted by molar-refractivity contribution is 6.09. The SMILES string of the molecule is C=CC(=O)Nc1cc(Oc2ccccc2)c([N+](=O)[O-])c([N+](=O)[O-])c1NC(=O)C=C. The Balaban J connectivity index is 2.81. The van der Waals surface area contributed by atoms with Crippen LogP contribution in [0.4, 0.5) is 22.7 Å². The lowest BCUT2D eigenvalue weighted by Crippen LogP contribution is -2.16. The molecule has 11 heteroatoms. The van der Waals surface area contributed by atoms with E-state index in [4.69, 9.17) is 4.74 Å². The van der Waals surface area contributed by atoms with Crippen LogP contribution < -0.4 is 15.4 Å². The third-order valence-corrected chi connectivity index (χ3v) is 3.45. The smallest absolute Gasteiger partial charge is 0.390 e. The van der Waals surface area contributed by atoms with E-state index in [0.717, 1.165) is 18.2 Å². The lowest BCUT2D eigenvalue weighted by Gasteiger charge is -2.14. The number of rotatable bonds is 8. The minimum Gasteiger partial charge on any atom is -0.450 e. The summed E-state index contributed by atoms with van der Waals surface area (Å²) < 4.78 is 5.45. The van der Waals surface area contributed by atoms with E-state index in [2.05, 4.69) is 23.8 Å². The van der Waals surface area contributed by atoms with Crippen LogP contribution in [0.2, 0.25) is 0 Å². The minimum atomic E-state index is -1.07. The number of hydrogen-bond acceptors (Lipinski definition) is 7. The molecule has 0 saturated carbocycles. The maximum absolute atomic E-state index is 11.8. The summed E-state index contributed by atoms with van der Waals surface area (Å²) in [5.74, 6) is -2.00. The minimum absolute atomic E-state index is 0.161. The first-order chi connectivity index (χ1) is 13.8. The van der Waals surface area contributed by atoms with Gasteiger partial charge in [0.15, 0.2) is 5.69 Å². The lowest BCUT2D eigenvalue weighted by atomic mass is 10.1. The standard InChI is InChI=1S/C18H14N4O7/c1-3-14(23)19-12-10-13(29-11-8-6-5-7-9-11)17(21(25)26)18(22(27)28)16(12)20-15(24)4-2/h3-10H,1-2H2,(H,19,23)(H,20,24). The number of carbonyl (C=O) groups is 2. The third-order valence-electron chi connectivity index (χ3n) is 3.45. The predicted molar refractivity (Wildman–Crippen MR) is 104 cm³/mol. The molecular formula is C18H14N4O7. The van der Waals surface area contributed by atoms with Crippen LogP contribution in [-0.2, 0) is 9.59 Å². The molecule has 2 aromatic rings. The number of carbonyl (C=O) groups excluding carboxylic acids is 2. The van der Waals surface area contributed by atoms with E-state index >= 15 is 0 Å². The van der Waals surface area contributed by atoms with Crippen molar-refractivity contribution in [2.24, 2.45) is 0 Å². The molecule has 0 aromatic heterocycles. The fourth-order valence-corrected chi connectivity index (χ4v) is 2.26. The molecule has 29 heavy (non-hydrogen) atoms. The Morgan fingerprint density at radius 3 is 2.00 bits per heavy atom. The highest BCUT2D eigenvalue weighted by atomic mass is 16.6. The van der Waals surface area contributed by atoms with Gasteiger partial charge in [0.1, 0.15) is 5.75 Å². The molecule has 0 bridgehead atoms. The number of amides is 2. The Bertz CT molecular complexity index is 1020. The van der Waals surface area contributed by atoms with Gasteiger partial charge < -0.3 is 15.4 Å². The Kier molecular flexibility index (Phi) is 6.38. The second-order valence-electron chi connectivity index (χ2n) is 5.31. The van der Waals surface area contributed by atoms with Crippen molar-refractivity contribution in [3.63, 3.8) is 0 Å². The van der Waals surface area contributed by atoms with Crippen molar-refractivity contribution in [2.45, 2.75) is 0 Å². The maximum atomic E-state index is 11.8. The Labute approximate surface area is 163 Å². The van der Waals surface area contributed by atoms with Crippen molar-refractivity contribution in [1.82, 2.24) is 0 Å². The summed E-state index contributed by atoms with van der Waals surface area (Å²) in [5, 5.41) is 27.7. The summed E-state index contributed by atoms with van der Waals surface area (Å²) in [5.41, 5.74) is -2.97. The Hall–Kier alpha value is -4.54. The van der Waals surface area contributed by atoms with Crippen LogP contribution in [0.3, 0.4) is 0 Å². The van der Waals surface area contributed by atoms with Crippen molar-refractivity contribution in [2.75, 3.05) is 10.6 Å². The van der Waals surface area contributed by atoms with Gasteiger partial charge in [0, 0.05) is 6.07 Å². The number of benzene rings is 2. The van der Waals surface area contributed by atoms with Crippen LogP contribution in [0.5, 0.6) is 11.5 Å². The van der Waals surface area contributed by atoms with Crippen LogP contribution in [-0.4, -0.2) is 21.7 Å². The first kappa shape index (κ1) is 20.8. The topological polar surface area (TPSA) is 154 Å². The molecule has 0 heterocycles. The number of nitro groups is 2. The molecule has 0 fully saturated rings. The number of hydrogen-bond donors (Lipinski definition) is 2. The fraction of sp³-hybridized carbons (Fsp3) is 0. The molecule has 0 radical (unpaired) electrons. The monoisotopic (exact) mass is 398 g/mol. The van der Waals surface area contributed by atoms with Crippen molar-refractivity contribution < 1.29 is 24.2 Å². The van der Waals surface area contributed by atoms with Gasteiger partial charge in [-0.05, 0) is 24.3 Å². The van der Waals surface area contributed by atoms with Crippen molar-refractivity contribution in [3.8, 4) is 11.5 Å². The lowest BCUT2D eigenvalue weighted by molar-refractivity contribution is -0.422. The van der Waals surface area contributed by atoms with E-state index in [-0.39, 0.29) is 11.4 Å². The van der Waals surface area contributed by atoms with Crippen molar-refractivity contribution >= 4 is 34.6 Å². The molecule has 2 N–H and O–H groups in total. The summed E-state index contributed by atoms with van der Waals surface area (Å²) in [4.78, 5) is 44.7. The third kappa shape index (κ3) is 4.80. The maximum Gasteiger partial charge on any atom is 0.390 e. The molecule has 0 atom stereocenters. The normalized spacial score (nSPS) is 9.79. The van der Waals surface area contributed by atoms with Crippen molar-refractivity contribution in [3.05, 3.63) is 81.9 Å². The number of para-hydroxylation sites is 1. The number of anilines is 2. The number of nitro benzene ring substituents is 2. The first-order valence-corrected chi connectivity index (χ1v) is 7.88. The molecule has 2 aromatic carbocycles. The largest absolute Gasteiger partial charge is 0.450 e. The van der Waals surface area contributed by atoms with Gasteiger partial charge in [0.25, 0.3) is 0 Å². The summed E-state index contributed by atoms with van der Waals surface area (Å²) in [6.07, 6.45) is 1.69. The van der Waals surface area contributed by atoms with Crippen LogP contribution in [0.25, 0.3) is 0 Å². The molecule has 0 saturated heterocycles. The van der Waals surface area contributed by atoms with Crippen LogP contribution in [0, 0.1) is 20.2 Å². The molecule has 148 valence electrons. The average Bonchev–Trinajstić information content (AvgIpc) is 2.69. The van der Waals surface area contributed by atoms with Gasteiger partial charge in [-0.25, -0.2) is 0 Å². The van der Waals surface area contributed by atoms with Gasteiger partial charge >= 0.3 is 11.4 Å². The summed E-state index contributed by atoms with van der Waals surface area (Å²) in [6.45, 7) is 6.49. The van der Waals surface area contributed by atoms with E-state index in [1.54, 1.807) is 18.2 Å². The van der Waals surface area contributed by atoms with E-state index < -0.39 is 44.5 Å². The highest BCUT2D eigenvalue weighted by Crippen LogP contribution is 2.48. The molecule has 0 spiro atoms. The van der Waals surface area contributed by atoms with Crippen molar-refractivity contribution in [1.29, 1.82) is 0 Å². The van der Waals surface area contributed by atoms with Gasteiger partial charge in [0.2, 0.25) is 17.6 Å². The van der Waals surface area contributed by atoms with Crippen LogP contribution in [0.15, 0.2) is 61.7 Å². The highest BCUT2D eigenvalue weighted by Gasteiger charge is 2.37. The molecule has 0 aliphatic rings. The molecular weight excluding hydrogens is 384 g/mol. The second kappa shape index (κ2) is 8.90.